The van der Waals surface area contributed by atoms with Crippen molar-refractivity contribution < 1.29 is 4.79 Å². The van der Waals surface area contributed by atoms with Crippen LogP contribution < -0.4 is 10.6 Å². The number of amides is 1. The van der Waals surface area contributed by atoms with Crippen molar-refractivity contribution in [2.75, 3.05) is 10.6 Å². The number of carbonyl (C=O) groups excluding carboxylic acids is 1. The highest BCUT2D eigenvalue weighted by atomic mass is 16.2. The Kier molecular flexibility index (Phi) is 4.08. The maximum absolute atomic E-state index is 12.2. The second-order valence-corrected chi connectivity index (χ2v) is 5.02. The number of aryl methyl sites for hydroxylation is 3. The lowest BCUT2D eigenvalue weighted by atomic mass is 10.1. The average molecular weight is 272 g/mol. The predicted octanol–water partition coefficient (Wildman–Crippen LogP) is 2.48. The fraction of sp³-hybridized carbons (Fsp3) is 0.333. The van der Waals surface area contributed by atoms with Gasteiger partial charge in [0.2, 0.25) is 5.91 Å². The molecule has 1 amide bonds. The summed E-state index contributed by atoms with van der Waals surface area (Å²) in [6.07, 6.45) is 3.53. The van der Waals surface area contributed by atoms with Gasteiger partial charge in [0.05, 0.1) is 11.9 Å². The number of para-hydroxylation sites is 1. The number of rotatable bonds is 4. The van der Waals surface area contributed by atoms with Gasteiger partial charge in [-0.25, -0.2) is 0 Å². The molecule has 0 fully saturated rings. The van der Waals surface area contributed by atoms with E-state index in [4.69, 9.17) is 0 Å². The molecule has 0 spiro atoms. The largest absolute Gasteiger partial charge is 0.371 e. The normalized spacial score (nSPS) is 12.0. The Morgan fingerprint density at radius 1 is 1.30 bits per heavy atom. The number of anilines is 2. The standard InChI is InChI=1S/C15H20N4O/c1-10-6-5-7-11(2)14(10)18-15(20)12(3)17-13-8-16-19(4)9-13/h5-9,12,17H,1-4H3,(H,18,20)/t12-/m1/s1. The minimum Gasteiger partial charge on any atom is -0.371 e. The van der Waals surface area contributed by atoms with Crippen LogP contribution in [0.1, 0.15) is 18.1 Å². The molecule has 0 saturated heterocycles. The Morgan fingerprint density at radius 2 is 1.95 bits per heavy atom. The van der Waals surface area contributed by atoms with Gasteiger partial charge in [0, 0.05) is 18.9 Å². The molecule has 0 saturated carbocycles. The van der Waals surface area contributed by atoms with E-state index in [-0.39, 0.29) is 11.9 Å². The molecule has 5 heteroatoms. The molecule has 106 valence electrons. The van der Waals surface area contributed by atoms with Crippen molar-refractivity contribution >= 4 is 17.3 Å². The van der Waals surface area contributed by atoms with E-state index >= 15 is 0 Å². The van der Waals surface area contributed by atoms with Crippen molar-refractivity contribution in [1.29, 1.82) is 0 Å². The molecule has 1 aromatic carbocycles. The van der Waals surface area contributed by atoms with E-state index < -0.39 is 0 Å². The van der Waals surface area contributed by atoms with Crippen LogP contribution in [0.4, 0.5) is 11.4 Å². The maximum atomic E-state index is 12.2. The maximum Gasteiger partial charge on any atom is 0.246 e. The summed E-state index contributed by atoms with van der Waals surface area (Å²) in [7, 11) is 1.84. The van der Waals surface area contributed by atoms with Crippen molar-refractivity contribution in [3.05, 3.63) is 41.7 Å². The Bertz CT molecular complexity index is 598. The minimum absolute atomic E-state index is 0.0637. The first-order chi connectivity index (χ1) is 9.47. The summed E-state index contributed by atoms with van der Waals surface area (Å²) < 4.78 is 1.69. The van der Waals surface area contributed by atoms with Gasteiger partial charge < -0.3 is 10.6 Å². The molecule has 0 aliphatic rings. The van der Waals surface area contributed by atoms with E-state index in [1.165, 1.54) is 0 Å². The topological polar surface area (TPSA) is 59.0 Å². The zero-order valence-electron chi connectivity index (χ0n) is 12.3. The van der Waals surface area contributed by atoms with Crippen molar-refractivity contribution in [1.82, 2.24) is 9.78 Å². The summed E-state index contributed by atoms with van der Waals surface area (Å²) in [5.41, 5.74) is 3.84. The fourth-order valence-corrected chi connectivity index (χ4v) is 2.05. The molecule has 0 aliphatic carbocycles. The van der Waals surface area contributed by atoms with Gasteiger partial charge in [-0.3, -0.25) is 9.48 Å². The number of hydrogen-bond donors (Lipinski definition) is 2. The quantitative estimate of drug-likeness (QED) is 0.899. The molecule has 5 nitrogen and oxygen atoms in total. The lowest BCUT2D eigenvalue weighted by Gasteiger charge is -2.16. The number of nitrogens with zero attached hydrogens (tertiary/aromatic N) is 2. The van der Waals surface area contributed by atoms with E-state index in [1.807, 2.05) is 52.2 Å². The second-order valence-electron chi connectivity index (χ2n) is 5.02. The van der Waals surface area contributed by atoms with Gasteiger partial charge in [0.15, 0.2) is 0 Å². The SMILES string of the molecule is Cc1cccc(C)c1NC(=O)[C@@H](C)Nc1cnn(C)c1. The molecule has 1 atom stereocenters. The minimum atomic E-state index is -0.335. The van der Waals surface area contributed by atoms with E-state index in [2.05, 4.69) is 15.7 Å². The summed E-state index contributed by atoms with van der Waals surface area (Å²) >= 11 is 0. The Hall–Kier alpha value is -2.30. The third-order valence-corrected chi connectivity index (χ3v) is 3.21. The smallest absolute Gasteiger partial charge is 0.246 e. The van der Waals surface area contributed by atoms with Gasteiger partial charge in [-0.15, -0.1) is 0 Å². The molecule has 2 aromatic rings. The molecule has 2 N–H and O–H groups in total. The van der Waals surface area contributed by atoms with Gasteiger partial charge in [0.1, 0.15) is 6.04 Å². The fourth-order valence-electron chi connectivity index (χ4n) is 2.05. The summed E-state index contributed by atoms with van der Waals surface area (Å²) in [6, 6.07) is 5.62. The zero-order valence-corrected chi connectivity index (χ0v) is 12.3. The first-order valence-corrected chi connectivity index (χ1v) is 6.59. The van der Waals surface area contributed by atoms with Gasteiger partial charge in [-0.1, -0.05) is 18.2 Å². The highest BCUT2D eigenvalue weighted by molar-refractivity contribution is 5.97. The molecular formula is C15H20N4O. The van der Waals surface area contributed by atoms with Crippen molar-refractivity contribution in [2.45, 2.75) is 26.8 Å². The number of hydrogen-bond acceptors (Lipinski definition) is 3. The van der Waals surface area contributed by atoms with Crippen molar-refractivity contribution in [3.8, 4) is 0 Å². The van der Waals surface area contributed by atoms with Crippen LogP contribution >= 0.6 is 0 Å². The molecule has 1 aromatic heterocycles. The number of nitrogens with one attached hydrogen (secondary N) is 2. The van der Waals surface area contributed by atoms with Crippen LogP contribution in [0.3, 0.4) is 0 Å². The van der Waals surface area contributed by atoms with Gasteiger partial charge in [0.25, 0.3) is 0 Å². The lowest BCUT2D eigenvalue weighted by molar-refractivity contribution is -0.116. The third-order valence-electron chi connectivity index (χ3n) is 3.21. The number of carbonyl (C=O) groups is 1. The lowest BCUT2D eigenvalue weighted by Crippen LogP contribution is -2.32. The van der Waals surface area contributed by atoms with Crippen molar-refractivity contribution in [2.24, 2.45) is 7.05 Å². The molecular weight excluding hydrogens is 252 g/mol. The summed E-state index contributed by atoms with van der Waals surface area (Å²) in [6.45, 7) is 5.81. The molecule has 2 rings (SSSR count). The highest BCUT2D eigenvalue weighted by Gasteiger charge is 2.15. The van der Waals surface area contributed by atoms with E-state index in [0.717, 1.165) is 22.5 Å². The first-order valence-electron chi connectivity index (χ1n) is 6.59. The van der Waals surface area contributed by atoms with Crippen LogP contribution in [0, 0.1) is 13.8 Å². The third kappa shape index (κ3) is 3.17. The first kappa shape index (κ1) is 14.1. The van der Waals surface area contributed by atoms with Crippen LogP contribution in [0.2, 0.25) is 0 Å². The summed E-state index contributed by atoms with van der Waals surface area (Å²) in [5.74, 6) is -0.0637. The highest BCUT2D eigenvalue weighted by Crippen LogP contribution is 2.19. The van der Waals surface area contributed by atoms with Gasteiger partial charge >= 0.3 is 0 Å². The van der Waals surface area contributed by atoms with Gasteiger partial charge in [-0.05, 0) is 31.9 Å². The number of aromatic nitrogens is 2. The Labute approximate surface area is 119 Å². The van der Waals surface area contributed by atoms with E-state index in [0.29, 0.717) is 0 Å². The van der Waals surface area contributed by atoms with Crippen LogP contribution in [0.5, 0.6) is 0 Å². The second kappa shape index (κ2) is 5.77. The van der Waals surface area contributed by atoms with Crippen LogP contribution in [0.15, 0.2) is 30.6 Å². The average Bonchev–Trinajstić information content (AvgIpc) is 2.79. The predicted molar refractivity (Wildman–Crippen MR) is 80.8 cm³/mol. The zero-order chi connectivity index (χ0) is 14.7. The Balaban J connectivity index is 2.04. The van der Waals surface area contributed by atoms with Crippen LogP contribution in [-0.4, -0.2) is 21.7 Å². The molecule has 0 bridgehead atoms. The van der Waals surface area contributed by atoms with Crippen molar-refractivity contribution in [3.63, 3.8) is 0 Å². The monoisotopic (exact) mass is 272 g/mol. The summed E-state index contributed by atoms with van der Waals surface area (Å²) in [5, 5.41) is 10.2. The molecule has 0 aliphatic heterocycles. The Morgan fingerprint density at radius 3 is 2.50 bits per heavy atom. The molecule has 0 unspecified atom stereocenters. The molecule has 0 radical (unpaired) electrons. The van der Waals surface area contributed by atoms with Crippen LogP contribution in [0.25, 0.3) is 0 Å². The van der Waals surface area contributed by atoms with E-state index in [9.17, 15) is 4.79 Å². The van der Waals surface area contributed by atoms with Crippen LogP contribution in [-0.2, 0) is 11.8 Å². The molecule has 1 heterocycles. The molecule has 20 heavy (non-hydrogen) atoms. The number of benzene rings is 1. The van der Waals surface area contributed by atoms with Gasteiger partial charge in [-0.2, -0.15) is 5.10 Å². The van der Waals surface area contributed by atoms with E-state index in [1.54, 1.807) is 10.9 Å². The summed E-state index contributed by atoms with van der Waals surface area (Å²) in [4.78, 5) is 12.2.